The lowest BCUT2D eigenvalue weighted by Crippen LogP contribution is -2.31. The third-order valence-electron chi connectivity index (χ3n) is 7.38. The van der Waals surface area contributed by atoms with Crippen LogP contribution < -0.4 is 18.9 Å². The summed E-state index contributed by atoms with van der Waals surface area (Å²) < 4.78 is 23.3. The van der Waals surface area contributed by atoms with E-state index in [1.807, 2.05) is 49.4 Å². The van der Waals surface area contributed by atoms with E-state index in [4.69, 9.17) is 18.9 Å². The van der Waals surface area contributed by atoms with Crippen LogP contribution in [0.15, 0.2) is 72.3 Å². The Morgan fingerprint density at radius 3 is 2.45 bits per heavy atom. The van der Waals surface area contributed by atoms with Crippen LogP contribution in [0.1, 0.15) is 49.9 Å². The summed E-state index contributed by atoms with van der Waals surface area (Å²) in [5.41, 5.74) is 2.06. The monoisotopic (exact) mass is 571 g/mol. The van der Waals surface area contributed by atoms with Crippen LogP contribution in [0.25, 0.3) is 5.76 Å². The molecule has 2 heterocycles. The number of likely N-dealkylation sites (tertiary alicyclic amines) is 1. The minimum atomic E-state index is -0.828. The molecule has 1 saturated heterocycles. The van der Waals surface area contributed by atoms with Crippen LogP contribution in [-0.2, 0) is 16.0 Å². The number of hydrogen-bond acceptors (Lipinski definition) is 7. The van der Waals surface area contributed by atoms with Crippen molar-refractivity contribution in [2.45, 2.75) is 39.7 Å². The lowest BCUT2D eigenvalue weighted by Gasteiger charge is -2.26. The van der Waals surface area contributed by atoms with Crippen LogP contribution in [0.4, 0.5) is 0 Å². The van der Waals surface area contributed by atoms with Gasteiger partial charge in [-0.15, -0.1) is 0 Å². The Hall–Kier alpha value is -4.46. The first kappa shape index (κ1) is 29.0. The van der Waals surface area contributed by atoms with Gasteiger partial charge in [0.15, 0.2) is 23.0 Å². The normalized spacial score (nSPS) is 17.5. The number of aliphatic hydroxyl groups excluding tert-OH is 1. The summed E-state index contributed by atoms with van der Waals surface area (Å²) in [5.74, 6) is 0.966. The number of fused-ring (bicyclic) bond motifs is 1. The summed E-state index contributed by atoms with van der Waals surface area (Å²) in [6.45, 7) is 8.21. The van der Waals surface area contributed by atoms with Crippen LogP contribution in [-0.4, -0.2) is 54.7 Å². The SMILES string of the molecule is CCOc1cc([C@@H]2C(=C(O)c3ccc4c(c3)OCCO4)C(=O)C(=O)N2CCc2ccccc2)ccc1OCCC(C)C. The van der Waals surface area contributed by atoms with Gasteiger partial charge in [0.2, 0.25) is 0 Å². The van der Waals surface area contributed by atoms with E-state index in [0.717, 1.165) is 12.0 Å². The number of aliphatic hydroxyl groups is 1. The van der Waals surface area contributed by atoms with Gasteiger partial charge in [0.1, 0.15) is 19.0 Å². The predicted octanol–water partition coefficient (Wildman–Crippen LogP) is 5.95. The first-order valence-corrected chi connectivity index (χ1v) is 14.5. The molecule has 0 unspecified atom stereocenters. The molecule has 0 radical (unpaired) electrons. The third-order valence-corrected chi connectivity index (χ3v) is 7.38. The summed E-state index contributed by atoms with van der Waals surface area (Å²) in [7, 11) is 0. The molecule has 8 nitrogen and oxygen atoms in total. The lowest BCUT2D eigenvalue weighted by molar-refractivity contribution is -0.139. The fourth-order valence-corrected chi connectivity index (χ4v) is 5.18. The zero-order chi connectivity index (χ0) is 29.6. The lowest BCUT2D eigenvalue weighted by atomic mass is 9.94. The van der Waals surface area contributed by atoms with Gasteiger partial charge in [-0.1, -0.05) is 50.2 Å². The molecule has 1 fully saturated rings. The van der Waals surface area contributed by atoms with Gasteiger partial charge < -0.3 is 29.0 Å². The maximum atomic E-state index is 13.6. The van der Waals surface area contributed by atoms with Gasteiger partial charge in [-0.05, 0) is 67.1 Å². The minimum Gasteiger partial charge on any atom is -0.507 e. The largest absolute Gasteiger partial charge is 0.507 e. The highest BCUT2D eigenvalue weighted by atomic mass is 16.6. The van der Waals surface area contributed by atoms with Crippen molar-refractivity contribution in [3.8, 4) is 23.0 Å². The van der Waals surface area contributed by atoms with E-state index < -0.39 is 17.7 Å². The zero-order valence-corrected chi connectivity index (χ0v) is 24.3. The molecular weight excluding hydrogens is 534 g/mol. The van der Waals surface area contributed by atoms with Crippen molar-refractivity contribution in [2.75, 3.05) is 33.0 Å². The fourth-order valence-electron chi connectivity index (χ4n) is 5.18. The number of rotatable bonds is 11. The van der Waals surface area contributed by atoms with E-state index in [-0.39, 0.29) is 17.9 Å². The molecule has 3 aromatic rings. The molecule has 42 heavy (non-hydrogen) atoms. The van der Waals surface area contributed by atoms with Crippen molar-refractivity contribution < 1.29 is 33.6 Å². The molecule has 3 aromatic carbocycles. The van der Waals surface area contributed by atoms with Gasteiger partial charge in [-0.25, -0.2) is 0 Å². The maximum absolute atomic E-state index is 13.6. The zero-order valence-electron chi connectivity index (χ0n) is 24.3. The van der Waals surface area contributed by atoms with Gasteiger partial charge in [0.25, 0.3) is 11.7 Å². The Kier molecular flexibility index (Phi) is 9.00. The maximum Gasteiger partial charge on any atom is 0.295 e. The van der Waals surface area contributed by atoms with E-state index in [0.29, 0.717) is 72.9 Å². The van der Waals surface area contributed by atoms with E-state index in [1.165, 1.54) is 4.90 Å². The molecule has 2 aliphatic heterocycles. The Balaban J connectivity index is 1.57. The Labute approximate surface area is 246 Å². The topological polar surface area (TPSA) is 94.5 Å². The average molecular weight is 572 g/mol. The average Bonchev–Trinajstić information content (AvgIpc) is 3.25. The predicted molar refractivity (Wildman–Crippen MR) is 159 cm³/mol. The summed E-state index contributed by atoms with van der Waals surface area (Å²) in [5, 5.41) is 11.6. The molecule has 1 N–H and O–H groups in total. The van der Waals surface area contributed by atoms with Crippen LogP contribution >= 0.6 is 0 Å². The van der Waals surface area contributed by atoms with E-state index >= 15 is 0 Å². The minimum absolute atomic E-state index is 0.0145. The molecule has 0 spiro atoms. The van der Waals surface area contributed by atoms with Crippen molar-refractivity contribution in [3.05, 3.63) is 89.0 Å². The van der Waals surface area contributed by atoms with Crippen LogP contribution in [0, 0.1) is 5.92 Å². The molecular formula is C34H37NO7. The number of nitrogens with zero attached hydrogens (tertiary/aromatic N) is 1. The number of carbonyl (C=O) groups excluding carboxylic acids is 2. The number of amides is 1. The van der Waals surface area contributed by atoms with Crippen molar-refractivity contribution in [2.24, 2.45) is 5.92 Å². The second-order valence-corrected chi connectivity index (χ2v) is 10.8. The van der Waals surface area contributed by atoms with E-state index in [2.05, 4.69) is 13.8 Å². The molecule has 1 amide bonds. The number of carbonyl (C=O) groups is 2. The summed E-state index contributed by atoms with van der Waals surface area (Å²) in [6.07, 6.45) is 1.44. The smallest absolute Gasteiger partial charge is 0.295 e. The number of Topliss-reactive ketones (excluding diaryl/α,β-unsaturated/α-hetero) is 1. The molecule has 0 aromatic heterocycles. The molecule has 1 atom stereocenters. The van der Waals surface area contributed by atoms with Crippen molar-refractivity contribution >= 4 is 17.4 Å². The molecule has 2 aliphatic rings. The molecule has 220 valence electrons. The van der Waals surface area contributed by atoms with Gasteiger partial charge in [0, 0.05) is 12.1 Å². The number of ether oxygens (including phenoxy) is 4. The van der Waals surface area contributed by atoms with Gasteiger partial charge >= 0.3 is 0 Å². The third kappa shape index (κ3) is 6.22. The summed E-state index contributed by atoms with van der Waals surface area (Å²) >= 11 is 0. The number of benzene rings is 3. The molecule has 5 rings (SSSR count). The highest BCUT2D eigenvalue weighted by Crippen LogP contribution is 2.43. The quantitative estimate of drug-likeness (QED) is 0.173. The number of hydrogen-bond donors (Lipinski definition) is 1. The second kappa shape index (κ2) is 13.0. The van der Waals surface area contributed by atoms with Gasteiger partial charge in [-0.3, -0.25) is 9.59 Å². The molecule has 0 saturated carbocycles. The van der Waals surface area contributed by atoms with Crippen molar-refractivity contribution in [3.63, 3.8) is 0 Å². The van der Waals surface area contributed by atoms with Crippen LogP contribution in [0.2, 0.25) is 0 Å². The first-order chi connectivity index (χ1) is 20.4. The highest BCUT2D eigenvalue weighted by molar-refractivity contribution is 6.46. The Morgan fingerprint density at radius 1 is 0.952 bits per heavy atom. The van der Waals surface area contributed by atoms with E-state index in [1.54, 1.807) is 24.3 Å². The van der Waals surface area contributed by atoms with Crippen LogP contribution in [0.5, 0.6) is 23.0 Å². The Bertz CT molecular complexity index is 1460. The van der Waals surface area contributed by atoms with E-state index in [9.17, 15) is 14.7 Å². The summed E-state index contributed by atoms with van der Waals surface area (Å²) in [6, 6.07) is 19.4. The Morgan fingerprint density at radius 2 is 1.71 bits per heavy atom. The highest BCUT2D eigenvalue weighted by Gasteiger charge is 2.46. The van der Waals surface area contributed by atoms with Crippen LogP contribution in [0.3, 0.4) is 0 Å². The second-order valence-electron chi connectivity index (χ2n) is 10.8. The number of ketones is 1. The fraction of sp³-hybridized carbons (Fsp3) is 0.353. The van der Waals surface area contributed by atoms with Crippen molar-refractivity contribution in [1.29, 1.82) is 0 Å². The molecule has 0 bridgehead atoms. The van der Waals surface area contributed by atoms with Crippen molar-refractivity contribution in [1.82, 2.24) is 4.90 Å². The van der Waals surface area contributed by atoms with Gasteiger partial charge in [0.05, 0.1) is 24.8 Å². The standard InChI is InChI=1S/C34H37NO7/c1-4-39-28-20-24(10-12-26(28)40-17-15-22(2)3)31-30(32(36)25-11-13-27-29(21-25)42-19-18-41-27)33(37)34(38)35(31)16-14-23-8-6-5-7-9-23/h5-13,20-22,31,36H,4,14-19H2,1-3H3/t31-/m1/s1. The van der Waals surface area contributed by atoms with Gasteiger partial charge in [-0.2, -0.15) is 0 Å². The molecule has 0 aliphatic carbocycles. The molecule has 8 heteroatoms. The summed E-state index contributed by atoms with van der Waals surface area (Å²) in [4.78, 5) is 28.6. The first-order valence-electron chi connectivity index (χ1n) is 14.5.